The Morgan fingerprint density at radius 1 is 1.29 bits per heavy atom. The molecule has 0 amide bonds. The lowest BCUT2D eigenvalue weighted by Crippen LogP contribution is -1.80. The van der Waals surface area contributed by atoms with Crippen LogP contribution in [-0.2, 0) is 0 Å². The van der Waals surface area contributed by atoms with Gasteiger partial charge in [-0.15, -0.1) is 0 Å². The lowest BCUT2D eigenvalue weighted by molar-refractivity contribution is 0.112. The van der Waals surface area contributed by atoms with Gasteiger partial charge in [-0.05, 0) is 24.3 Å². The molecule has 2 aromatic rings. The number of carbonyl (C=O) groups is 1. The minimum atomic E-state index is 0.437. The Bertz CT molecular complexity index is 447. The van der Waals surface area contributed by atoms with E-state index >= 15 is 0 Å². The number of aromatic nitrogens is 1. The van der Waals surface area contributed by atoms with Gasteiger partial charge in [0.05, 0.1) is 11.8 Å². The Hall–Kier alpha value is -1.61. The lowest BCUT2D eigenvalue weighted by Gasteiger charge is -1.95. The molecule has 4 heteroatoms. The van der Waals surface area contributed by atoms with Crippen LogP contribution in [0.15, 0.2) is 35.0 Å². The summed E-state index contributed by atoms with van der Waals surface area (Å²) in [4.78, 5) is 10.6. The van der Waals surface area contributed by atoms with Crippen molar-refractivity contribution in [1.82, 2.24) is 5.16 Å². The summed E-state index contributed by atoms with van der Waals surface area (Å²) in [7, 11) is 0. The summed E-state index contributed by atoms with van der Waals surface area (Å²) in [6, 6.07) is 7.01. The molecule has 0 radical (unpaired) electrons. The number of aldehydes is 1. The highest BCUT2D eigenvalue weighted by molar-refractivity contribution is 6.30. The molecule has 1 heterocycles. The summed E-state index contributed by atoms with van der Waals surface area (Å²) < 4.78 is 4.96. The van der Waals surface area contributed by atoms with E-state index in [4.69, 9.17) is 16.1 Å². The van der Waals surface area contributed by atoms with E-state index < -0.39 is 0 Å². The summed E-state index contributed by atoms with van der Waals surface area (Å²) >= 11 is 5.73. The van der Waals surface area contributed by atoms with Gasteiger partial charge in [-0.1, -0.05) is 16.8 Å². The number of nitrogens with zero attached hydrogens (tertiary/aromatic N) is 1. The smallest absolute Gasteiger partial charge is 0.177 e. The summed E-state index contributed by atoms with van der Waals surface area (Å²) in [5, 5.41) is 4.19. The molecule has 0 atom stereocenters. The first-order valence-corrected chi connectivity index (χ1v) is 4.35. The van der Waals surface area contributed by atoms with Gasteiger partial charge < -0.3 is 4.52 Å². The maximum Gasteiger partial charge on any atom is 0.177 e. The summed E-state index contributed by atoms with van der Waals surface area (Å²) in [5.41, 5.74) is 1.22. The Morgan fingerprint density at radius 2 is 2.00 bits per heavy atom. The van der Waals surface area contributed by atoms with Crippen LogP contribution >= 0.6 is 11.6 Å². The van der Waals surface area contributed by atoms with Gasteiger partial charge in [-0.3, -0.25) is 4.79 Å². The second-order valence-electron chi connectivity index (χ2n) is 2.74. The van der Waals surface area contributed by atoms with E-state index in [0.29, 0.717) is 22.6 Å². The molecular formula is C10H6ClNO2. The highest BCUT2D eigenvalue weighted by atomic mass is 35.5. The van der Waals surface area contributed by atoms with Crippen LogP contribution in [0.3, 0.4) is 0 Å². The zero-order valence-electron chi connectivity index (χ0n) is 7.11. The molecule has 0 N–H and O–H groups in total. The van der Waals surface area contributed by atoms with Crippen molar-refractivity contribution in [3.8, 4) is 11.3 Å². The largest absolute Gasteiger partial charge is 0.356 e. The van der Waals surface area contributed by atoms with Gasteiger partial charge in [0, 0.05) is 10.6 Å². The standard InChI is InChI=1S/C10H6ClNO2/c11-9-3-1-7(2-4-9)10-8(6-13)5-12-14-10/h1-6H. The molecule has 0 aliphatic heterocycles. The third-order valence-corrected chi connectivity index (χ3v) is 2.08. The third kappa shape index (κ3) is 1.54. The van der Waals surface area contributed by atoms with Crippen molar-refractivity contribution < 1.29 is 9.32 Å². The van der Waals surface area contributed by atoms with Crippen LogP contribution in [0.4, 0.5) is 0 Å². The zero-order valence-corrected chi connectivity index (χ0v) is 7.86. The minimum absolute atomic E-state index is 0.437. The Labute approximate surface area is 85.3 Å². The van der Waals surface area contributed by atoms with Crippen LogP contribution in [0.5, 0.6) is 0 Å². The fraction of sp³-hybridized carbons (Fsp3) is 0. The van der Waals surface area contributed by atoms with Gasteiger partial charge >= 0.3 is 0 Å². The van der Waals surface area contributed by atoms with Crippen molar-refractivity contribution in [1.29, 1.82) is 0 Å². The topological polar surface area (TPSA) is 43.1 Å². The fourth-order valence-electron chi connectivity index (χ4n) is 1.15. The van der Waals surface area contributed by atoms with Crippen molar-refractivity contribution in [2.24, 2.45) is 0 Å². The van der Waals surface area contributed by atoms with Gasteiger partial charge in [0.1, 0.15) is 0 Å². The van der Waals surface area contributed by atoms with Crippen LogP contribution in [-0.4, -0.2) is 11.4 Å². The third-order valence-electron chi connectivity index (χ3n) is 1.83. The molecule has 0 unspecified atom stereocenters. The maximum absolute atomic E-state index is 10.6. The molecule has 0 bridgehead atoms. The monoisotopic (exact) mass is 207 g/mol. The molecule has 70 valence electrons. The molecule has 3 nitrogen and oxygen atoms in total. The normalized spacial score (nSPS) is 10.1. The predicted octanol–water partition coefficient (Wildman–Crippen LogP) is 2.81. The minimum Gasteiger partial charge on any atom is -0.356 e. The SMILES string of the molecule is O=Cc1cnoc1-c1ccc(Cl)cc1. The number of carbonyl (C=O) groups excluding carboxylic acids is 1. The first-order chi connectivity index (χ1) is 6.81. The Kier molecular flexibility index (Phi) is 2.33. The van der Waals surface area contributed by atoms with Gasteiger partial charge in [0.25, 0.3) is 0 Å². The quantitative estimate of drug-likeness (QED) is 0.712. The molecule has 2 rings (SSSR count). The van der Waals surface area contributed by atoms with Crippen LogP contribution in [0.2, 0.25) is 5.02 Å². The number of hydrogen-bond acceptors (Lipinski definition) is 3. The van der Waals surface area contributed by atoms with E-state index in [1.165, 1.54) is 6.20 Å². The first kappa shape index (κ1) is 8.97. The number of benzene rings is 1. The Morgan fingerprint density at radius 3 is 2.64 bits per heavy atom. The van der Waals surface area contributed by atoms with E-state index in [9.17, 15) is 4.79 Å². The van der Waals surface area contributed by atoms with Crippen molar-refractivity contribution in [2.45, 2.75) is 0 Å². The van der Waals surface area contributed by atoms with Gasteiger partial charge in [0.15, 0.2) is 12.0 Å². The molecule has 0 aliphatic carbocycles. The average Bonchev–Trinajstić information content (AvgIpc) is 2.67. The molecule has 0 saturated carbocycles. The molecular weight excluding hydrogens is 202 g/mol. The van der Waals surface area contributed by atoms with Crippen molar-refractivity contribution >= 4 is 17.9 Å². The predicted molar refractivity (Wildman–Crippen MR) is 52.3 cm³/mol. The van der Waals surface area contributed by atoms with Gasteiger partial charge in [0.2, 0.25) is 0 Å². The molecule has 1 aromatic carbocycles. The second-order valence-corrected chi connectivity index (χ2v) is 3.17. The Balaban J connectivity index is 2.49. The molecule has 0 spiro atoms. The molecule has 0 saturated heterocycles. The van der Waals surface area contributed by atoms with Crippen LogP contribution in [0.1, 0.15) is 10.4 Å². The van der Waals surface area contributed by atoms with Crippen molar-refractivity contribution in [3.05, 3.63) is 41.0 Å². The first-order valence-electron chi connectivity index (χ1n) is 3.97. The van der Waals surface area contributed by atoms with E-state index in [1.54, 1.807) is 24.3 Å². The van der Waals surface area contributed by atoms with Crippen LogP contribution in [0, 0.1) is 0 Å². The zero-order chi connectivity index (χ0) is 9.97. The van der Waals surface area contributed by atoms with E-state index in [0.717, 1.165) is 5.56 Å². The molecule has 14 heavy (non-hydrogen) atoms. The van der Waals surface area contributed by atoms with Crippen LogP contribution in [0.25, 0.3) is 11.3 Å². The summed E-state index contributed by atoms with van der Waals surface area (Å²) in [5.74, 6) is 0.469. The van der Waals surface area contributed by atoms with E-state index in [-0.39, 0.29) is 0 Å². The number of halogens is 1. The van der Waals surface area contributed by atoms with Crippen molar-refractivity contribution in [2.75, 3.05) is 0 Å². The highest BCUT2D eigenvalue weighted by Crippen LogP contribution is 2.23. The van der Waals surface area contributed by atoms with Crippen LogP contribution < -0.4 is 0 Å². The highest BCUT2D eigenvalue weighted by Gasteiger charge is 2.08. The summed E-state index contributed by atoms with van der Waals surface area (Å²) in [6.45, 7) is 0. The van der Waals surface area contributed by atoms with Gasteiger partial charge in [-0.2, -0.15) is 0 Å². The maximum atomic E-state index is 10.6. The average molecular weight is 208 g/mol. The number of rotatable bonds is 2. The molecule has 0 fully saturated rings. The summed E-state index contributed by atoms with van der Waals surface area (Å²) in [6.07, 6.45) is 2.09. The lowest BCUT2D eigenvalue weighted by atomic mass is 10.1. The second kappa shape index (κ2) is 3.64. The van der Waals surface area contributed by atoms with Crippen molar-refractivity contribution in [3.63, 3.8) is 0 Å². The number of hydrogen-bond donors (Lipinski definition) is 0. The molecule has 1 aromatic heterocycles. The fourth-order valence-corrected chi connectivity index (χ4v) is 1.28. The van der Waals surface area contributed by atoms with E-state index in [1.807, 2.05) is 0 Å². The molecule has 0 aliphatic rings. The van der Waals surface area contributed by atoms with Gasteiger partial charge in [-0.25, -0.2) is 0 Å². The van der Waals surface area contributed by atoms with E-state index in [2.05, 4.69) is 5.16 Å².